The molecule has 0 fully saturated rings. The molecular weight excluding hydrogens is 265 g/mol. The van der Waals surface area contributed by atoms with Crippen molar-refractivity contribution in [2.45, 2.75) is 33.3 Å². The van der Waals surface area contributed by atoms with Crippen LogP contribution in [-0.4, -0.2) is 76.9 Å². The first-order chi connectivity index (χ1) is 8.20. The van der Waals surface area contributed by atoms with Gasteiger partial charge in [-0.1, -0.05) is 13.8 Å². The average Bonchev–Trinajstić information content (AvgIpc) is 2.26. The Bertz CT molecular complexity index is 331. The zero-order valence-corrected chi connectivity index (χ0v) is 10.7. The van der Waals surface area contributed by atoms with Crippen LogP contribution in [-0.2, 0) is 19.1 Å². The maximum absolute atomic E-state index is 11.5. The summed E-state index contributed by atoms with van der Waals surface area (Å²) in [5.74, 6) is -2.16. The van der Waals surface area contributed by atoms with E-state index in [1.165, 1.54) is 13.8 Å². The third kappa shape index (κ3) is 8.33. The molecule has 0 aliphatic carbocycles. The van der Waals surface area contributed by atoms with Gasteiger partial charge in [-0.3, -0.25) is 14.4 Å². The first kappa shape index (κ1) is 20.8. The molecule has 0 spiro atoms. The summed E-state index contributed by atoms with van der Waals surface area (Å²) in [5.41, 5.74) is -0.968. The molecule has 0 saturated heterocycles. The summed E-state index contributed by atoms with van der Waals surface area (Å²) in [7, 11) is 0. The molecule has 1 amide bonds. The molecule has 1 atom stereocenters. The summed E-state index contributed by atoms with van der Waals surface area (Å²) in [6, 6.07) is 0. The van der Waals surface area contributed by atoms with Crippen LogP contribution >= 0.6 is 0 Å². The summed E-state index contributed by atoms with van der Waals surface area (Å²) in [5, 5.41) is 20.9. The van der Waals surface area contributed by atoms with Crippen molar-refractivity contribution in [1.29, 1.82) is 0 Å². The molecule has 3 N–H and O–H groups in total. The SMILES string of the molecule is CC(=O)OC(=O)CCNC(=O)[C@H](O)C(C)(C)CO.[NaH]. The Kier molecular flexibility index (Phi) is 10.4. The maximum atomic E-state index is 11.5. The Morgan fingerprint density at radius 2 is 1.84 bits per heavy atom. The second kappa shape index (κ2) is 9.44. The van der Waals surface area contributed by atoms with Crippen LogP contribution in [0.15, 0.2) is 0 Å². The first-order valence-corrected chi connectivity index (χ1v) is 5.48. The third-order valence-corrected chi connectivity index (χ3v) is 2.28. The number of nitrogens with one attached hydrogen (secondary N) is 1. The van der Waals surface area contributed by atoms with E-state index in [1.54, 1.807) is 0 Å². The number of rotatable bonds is 6. The Balaban J connectivity index is 0. The van der Waals surface area contributed by atoms with Crippen LogP contribution < -0.4 is 5.32 Å². The van der Waals surface area contributed by atoms with Crippen molar-refractivity contribution in [3.63, 3.8) is 0 Å². The molecule has 0 aromatic heterocycles. The van der Waals surface area contributed by atoms with E-state index in [1.807, 2.05) is 0 Å². The Morgan fingerprint density at radius 1 is 1.32 bits per heavy atom. The number of hydrogen-bond donors (Lipinski definition) is 3. The minimum absolute atomic E-state index is 0. The molecule has 0 radical (unpaired) electrons. The van der Waals surface area contributed by atoms with Gasteiger partial charge in [-0.25, -0.2) is 0 Å². The number of carbonyl (C=O) groups is 3. The van der Waals surface area contributed by atoms with Gasteiger partial charge in [-0.05, 0) is 0 Å². The Labute approximate surface area is 134 Å². The summed E-state index contributed by atoms with van der Waals surface area (Å²) in [6.07, 6.45) is -1.55. The van der Waals surface area contributed by atoms with Crippen LogP contribution in [0.4, 0.5) is 0 Å². The molecular formula is C11H20NNaO6. The molecule has 0 aliphatic heterocycles. The fraction of sp³-hybridized carbons (Fsp3) is 0.727. The number of aliphatic hydroxyl groups excluding tert-OH is 2. The van der Waals surface area contributed by atoms with E-state index < -0.39 is 29.4 Å². The van der Waals surface area contributed by atoms with Crippen LogP contribution in [0.1, 0.15) is 27.2 Å². The molecule has 8 heteroatoms. The Morgan fingerprint density at radius 3 is 2.26 bits per heavy atom. The topological polar surface area (TPSA) is 113 Å². The van der Waals surface area contributed by atoms with Crippen molar-refractivity contribution < 1.29 is 29.3 Å². The van der Waals surface area contributed by atoms with Crippen molar-refractivity contribution in [2.24, 2.45) is 5.41 Å². The number of aliphatic hydroxyl groups is 2. The summed E-state index contributed by atoms with van der Waals surface area (Å²) in [4.78, 5) is 32.9. The van der Waals surface area contributed by atoms with Crippen LogP contribution in [0.5, 0.6) is 0 Å². The van der Waals surface area contributed by atoms with Crippen LogP contribution in [0.25, 0.3) is 0 Å². The molecule has 0 heterocycles. The molecule has 0 saturated carbocycles. The minimum atomic E-state index is -1.38. The monoisotopic (exact) mass is 285 g/mol. The van der Waals surface area contributed by atoms with Gasteiger partial charge < -0.3 is 20.3 Å². The number of esters is 2. The van der Waals surface area contributed by atoms with Gasteiger partial charge in [-0.2, -0.15) is 0 Å². The average molecular weight is 285 g/mol. The quantitative estimate of drug-likeness (QED) is 0.305. The molecule has 0 aromatic carbocycles. The molecule has 0 aliphatic rings. The molecule has 0 unspecified atom stereocenters. The van der Waals surface area contributed by atoms with E-state index in [0.717, 1.165) is 6.92 Å². The van der Waals surface area contributed by atoms with E-state index in [0.29, 0.717) is 0 Å². The van der Waals surface area contributed by atoms with Gasteiger partial charge in [0.25, 0.3) is 0 Å². The first-order valence-electron chi connectivity index (χ1n) is 5.48. The van der Waals surface area contributed by atoms with Gasteiger partial charge in [0.2, 0.25) is 5.91 Å². The van der Waals surface area contributed by atoms with E-state index in [2.05, 4.69) is 10.1 Å². The van der Waals surface area contributed by atoms with Gasteiger partial charge >= 0.3 is 41.5 Å². The van der Waals surface area contributed by atoms with E-state index in [4.69, 9.17) is 5.11 Å². The van der Waals surface area contributed by atoms with Gasteiger partial charge in [0, 0.05) is 18.9 Å². The van der Waals surface area contributed by atoms with Crippen molar-refractivity contribution in [3.8, 4) is 0 Å². The summed E-state index contributed by atoms with van der Waals surface area (Å²) >= 11 is 0. The van der Waals surface area contributed by atoms with Crippen molar-refractivity contribution in [2.75, 3.05) is 13.2 Å². The van der Waals surface area contributed by atoms with Crippen LogP contribution in [0.2, 0.25) is 0 Å². The van der Waals surface area contributed by atoms with Gasteiger partial charge in [0.05, 0.1) is 13.0 Å². The molecule has 7 nitrogen and oxygen atoms in total. The van der Waals surface area contributed by atoms with Gasteiger partial charge in [-0.15, -0.1) is 0 Å². The van der Waals surface area contributed by atoms with E-state index >= 15 is 0 Å². The van der Waals surface area contributed by atoms with Crippen molar-refractivity contribution in [1.82, 2.24) is 5.32 Å². The predicted molar refractivity (Wildman–Crippen MR) is 68.4 cm³/mol. The van der Waals surface area contributed by atoms with E-state index in [-0.39, 0.29) is 49.1 Å². The number of ether oxygens (including phenoxy) is 1. The van der Waals surface area contributed by atoms with Gasteiger partial charge in [0.1, 0.15) is 6.10 Å². The second-order valence-electron chi connectivity index (χ2n) is 4.56. The Hall–Kier alpha value is -0.470. The van der Waals surface area contributed by atoms with Crippen LogP contribution in [0.3, 0.4) is 0 Å². The van der Waals surface area contributed by atoms with Gasteiger partial charge in [0.15, 0.2) is 0 Å². The normalized spacial score (nSPS) is 12.1. The molecule has 19 heavy (non-hydrogen) atoms. The van der Waals surface area contributed by atoms with E-state index in [9.17, 15) is 19.5 Å². The third-order valence-electron chi connectivity index (χ3n) is 2.28. The molecule has 0 rings (SSSR count). The van der Waals surface area contributed by atoms with Crippen molar-refractivity contribution >= 4 is 47.4 Å². The van der Waals surface area contributed by atoms with Crippen LogP contribution in [0, 0.1) is 5.41 Å². The zero-order valence-electron chi connectivity index (χ0n) is 10.7. The standard InChI is InChI=1S/C11H19NO6.Na.H/c1-7(14)18-8(15)4-5-12-10(17)9(16)11(2,3)6-13;;/h9,13,16H,4-6H2,1-3H3,(H,12,17);;/t9-;;/m0../s1. The number of carbonyl (C=O) groups excluding carboxylic acids is 3. The molecule has 0 aromatic rings. The fourth-order valence-electron chi connectivity index (χ4n) is 1.04. The zero-order chi connectivity index (χ0) is 14.3. The summed E-state index contributed by atoms with van der Waals surface area (Å²) < 4.78 is 4.25. The number of hydrogen-bond acceptors (Lipinski definition) is 6. The van der Waals surface area contributed by atoms with Crippen molar-refractivity contribution in [3.05, 3.63) is 0 Å². The second-order valence-corrected chi connectivity index (χ2v) is 4.56. The molecule has 0 bridgehead atoms. The predicted octanol–water partition coefficient (Wildman–Crippen LogP) is -1.69. The molecule has 106 valence electrons. The fourth-order valence-corrected chi connectivity index (χ4v) is 1.04. The number of amides is 1. The summed E-state index contributed by atoms with van der Waals surface area (Å²) in [6.45, 7) is 3.75.